The molecule has 2 heterocycles. The molecule has 1 amide bonds. The molecular formula is C17H20F2N4O3. The van der Waals surface area contributed by atoms with E-state index >= 15 is 0 Å². The molecule has 0 saturated carbocycles. The fourth-order valence-corrected chi connectivity index (χ4v) is 2.69. The molecule has 0 aliphatic carbocycles. The van der Waals surface area contributed by atoms with Crippen LogP contribution < -0.4 is 15.4 Å². The first kappa shape index (κ1) is 18.3. The lowest BCUT2D eigenvalue weighted by atomic mass is 10.2. The zero-order valence-corrected chi connectivity index (χ0v) is 14.3. The third-order valence-corrected chi connectivity index (χ3v) is 4.05. The maximum Gasteiger partial charge on any atom is 0.250 e. The SMILES string of the molecule is CNC(=O)[C@@H]1CN(CC2=CN=C(Oc3c(F)cccc3F)CN2)CCO1. The van der Waals surface area contributed by atoms with Gasteiger partial charge in [-0.1, -0.05) is 6.07 Å². The lowest BCUT2D eigenvalue weighted by Crippen LogP contribution is -2.50. The van der Waals surface area contributed by atoms with Crippen LogP contribution in [-0.4, -0.2) is 62.6 Å². The number of halogens is 2. The molecule has 2 aliphatic heterocycles. The van der Waals surface area contributed by atoms with Crippen LogP contribution in [0.15, 0.2) is 35.1 Å². The zero-order chi connectivity index (χ0) is 18.5. The highest BCUT2D eigenvalue weighted by atomic mass is 19.1. The van der Waals surface area contributed by atoms with Gasteiger partial charge in [0.05, 0.1) is 19.4 Å². The number of hydrogen-bond acceptors (Lipinski definition) is 6. The van der Waals surface area contributed by atoms with Crippen molar-refractivity contribution in [1.29, 1.82) is 0 Å². The molecule has 2 aliphatic rings. The molecule has 3 rings (SSSR count). The van der Waals surface area contributed by atoms with E-state index in [9.17, 15) is 13.6 Å². The molecule has 1 fully saturated rings. The summed E-state index contributed by atoms with van der Waals surface area (Å²) in [5.74, 6) is -2.01. The fraction of sp³-hybridized carbons (Fsp3) is 0.412. The van der Waals surface area contributed by atoms with Crippen LogP contribution in [0.3, 0.4) is 0 Å². The van der Waals surface area contributed by atoms with Crippen molar-refractivity contribution in [2.24, 2.45) is 4.99 Å². The number of carbonyl (C=O) groups excluding carboxylic acids is 1. The normalized spacial score (nSPS) is 20.7. The van der Waals surface area contributed by atoms with Gasteiger partial charge in [0.15, 0.2) is 17.4 Å². The van der Waals surface area contributed by atoms with Gasteiger partial charge in [0.1, 0.15) is 6.10 Å². The van der Waals surface area contributed by atoms with Gasteiger partial charge in [-0.15, -0.1) is 0 Å². The van der Waals surface area contributed by atoms with Gasteiger partial charge in [-0.25, -0.2) is 13.8 Å². The number of amides is 1. The number of aliphatic imine (C=N–C) groups is 1. The number of benzene rings is 1. The zero-order valence-electron chi connectivity index (χ0n) is 14.3. The van der Waals surface area contributed by atoms with Crippen LogP contribution in [0.2, 0.25) is 0 Å². The Balaban J connectivity index is 1.59. The number of likely N-dealkylation sites (N-methyl/N-ethyl adjacent to an activating group) is 1. The van der Waals surface area contributed by atoms with Crippen LogP contribution in [0.1, 0.15) is 0 Å². The number of morpholine rings is 1. The topological polar surface area (TPSA) is 75.2 Å². The van der Waals surface area contributed by atoms with Crippen molar-refractivity contribution in [3.8, 4) is 5.75 Å². The van der Waals surface area contributed by atoms with Crippen molar-refractivity contribution in [3.63, 3.8) is 0 Å². The van der Waals surface area contributed by atoms with E-state index in [-0.39, 0.29) is 18.3 Å². The van der Waals surface area contributed by atoms with Gasteiger partial charge < -0.3 is 20.1 Å². The van der Waals surface area contributed by atoms with Crippen molar-refractivity contribution in [3.05, 3.63) is 41.7 Å². The summed E-state index contributed by atoms with van der Waals surface area (Å²) < 4.78 is 37.9. The Morgan fingerprint density at radius 2 is 2.23 bits per heavy atom. The molecule has 1 aromatic rings. The summed E-state index contributed by atoms with van der Waals surface area (Å²) in [7, 11) is 1.57. The number of ether oxygens (including phenoxy) is 2. The summed E-state index contributed by atoms with van der Waals surface area (Å²) in [6, 6.07) is 3.51. The van der Waals surface area contributed by atoms with Crippen LogP contribution in [0, 0.1) is 11.6 Å². The molecule has 0 spiro atoms. The quantitative estimate of drug-likeness (QED) is 0.818. The minimum absolute atomic E-state index is 0.152. The molecule has 26 heavy (non-hydrogen) atoms. The molecule has 9 heteroatoms. The molecule has 0 aromatic heterocycles. The van der Waals surface area contributed by atoms with Crippen LogP contribution in [-0.2, 0) is 9.53 Å². The fourth-order valence-electron chi connectivity index (χ4n) is 2.69. The van der Waals surface area contributed by atoms with E-state index in [2.05, 4.69) is 20.5 Å². The Bertz CT molecular complexity index is 718. The summed E-state index contributed by atoms with van der Waals surface area (Å²) in [4.78, 5) is 17.9. The van der Waals surface area contributed by atoms with Crippen molar-refractivity contribution in [2.45, 2.75) is 6.10 Å². The Labute approximate surface area is 149 Å². The van der Waals surface area contributed by atoms with Gasteiger partial charge in [0, 0.05) is 32.4 Å². The highest BCUT2D eigenvalue weighted by Gasteiger charge is 2.26. The molecule has 7 nitrogen and oxygen atoms in total. The van der Waals surface area contributed by atoms with E-state index in [4.69, 9.17) is 9.47 Å². The Kier molecular flexibility index (Phi) is 5.79. The van der Waals surface area contributed by atoms with Gasteiger partial charge in [0.25, 0.3) is 0 Å². The molecule has 0 unspecified atom stereocenters. The van der Waals surface area contributed by atoms with E-state index in [0.717, 1.165) is 17.8 Å². The summed E-state index contributed by atoms with van der Waals surface area (Å²) >= 11 is 0. The molecular weight excluding hydrogens is 346 g/mol. The summed E-state index contributed by atoms with van der Waals surface area (Å²) in [5, 5.41) is 5.69. The average Bonchev–Trinajstić information content (AvgIpc) is 2.66. The molecule has 0 bridgehead atoms. The van der Waals surface area contributed by atoms with Crippen molar-refractivity contribution in [2.75, 3.05) is 39.8 Å². The molecule has 1 aromatic carbocycles. The van der Waals surface area contributed by atoms with E-state index in [0.29, 0.717) is 26.2 Å². The predicted molar refractivity (Wildman–Crippen MR) is 90.8 cm³/mol. The molecule has 1 atom stereocenters. The minimum Gasteiger partial charge on any atom is -0.435 e. The number of hydrogen-bond donors (Lipinski definition) is 2. The third-order valence-electron chi connectivity index (χ3n) is 4.05. The first-order chi connectivity index (χ1) is 12.6. The van der Waals surface area contributed by atoms with E-state index < -0.39 is 23.5 Å². The van der Waals surface area contributed by atoms with Crippen LogP contribution in [0.5, 0.6) is 5.75 Å². The van der Waals surface area contributed by atoms with E-state index in [1.165, 1.54) is 6.07 Å². The Hall–Kier alpha value is -2.52. The highest BCUT2D eigenvalue weighted by Crippen LogP contribution is 2.21. The van der Waals surface area contributed by atoms with Gasteiger partial charge >= 0.3 is 0 Å². The van der Waals surface area contributed by atoms with Crippen molar-refractivity contribution in [1.82, 2.24) is 15.5 Å². The standard InChI is InChI=1S/C17H20F2N4O3/c1-20-17(24)14-10-23(5-6-25-14)9-11-7-22-15(8-21-11)26-16-12(18)3-2-4-13(16)19/h2-4,7,14,21H,5-6,8-10H2,1H3,(H,20,24)/t14-/m0/s1. The van der Waals surface area contributed by atoms with Crippen LogP contribution in [0.25, 0.3) is 0 Å². The van der Waals surface area contributed by atoms with Gasteiger partial charge in [-0.2, -0.15) is 0 Å². The maximum absolute atomic E-state index is 13.6. The smallest absolute Gasteiger partial charge is 0.250 e. The molecule has 0 radical (unpaired) electrons. The van der Waals surface area contributed by atoms with E-state index in [1.54, 1.807) is 13.2 Å². The Morgan fingerprint density at radius 3 is 2.88 bits per heavy atom. The number of nitrogens with one attached hydrogen (secondary N) is 2. The Morgan fingerprint density at radius 1 is 1.46 bits per heavy atom. The number of rotatable bonds is 4. The van der Waals surface area contributed by atoms with Gasteiger partial charge in [-0.3, -0.25) is 9.69 Å². The second-order valence-corrected chi connectivity index (χ2v) is 5.89. The lowest BCUT2D eigenvalue weighted by Gasteiger charge is -2.32. The van der Waals surface area contributed by atoms with E-state index in [1.807, 2.05) is 0 Å². The molecule has 1 saturated heterocycles. The summed E-state index contributed by atoms with van der Waals surface area (Å²) in [6.07, 6.45) is 1.06. The molecule has 2 N–H and O–H groups in total. The van der Waals surface area contributed by atoms with Gasteiger partial charge in [-0.05, 0) is 12.1 Å². The van der Waals surface area contributed by atoms with Gasteiger partial charge in [0.2, 0.25) is 11.8 Å². The first-order valence-electron chi connectivity index (χ1n) is 8.24. The van der Waals surface area contributed by atoms with Crippen molar-refractivity contribution >= 4 is 11.8 Å². The first-order valence-corrected chi connectivity index (χ1v) is 8.24. The summed E-state index contributed by atoms with van der Waals surface area (Å²) in [5.41, 5.74) is 0.823. The third kappa shape index (κ3) is 4.36. The number of carbonyl (C=O) groups is 1. The largest absolute Gasteiger partial charge is 0.435 e. The number of nitrogens with zero attached hydrogens (tertiary/aromatic N) is 2. The average molecular weight is 366 g/mol. The maximum atomic E-state index is 13.6. The predicted octanol–water partition coefficient (Wildman–Crippen LogP) is 0.633. The number of para-hydroxylation sites is 1. The summed E-state index contributed by atoms with van der Waals surface area (Å²) in [6.45, 7) is 2.41. The van der Waals surface area contributed by atoms with Crippen LogP contribution >= 0.6 is 0 Å². The molecule has 140 valence electrons. The highest BCUT2D eigenvalue weighted by molar-refractivity contribution is 5.82. The monoisotopic (exact) mass is 366 g/mol. The van der Waals surface area contributed by atoms with Crippen molar-refractivity contribution < 1.29 is 23.0 Å². The lowest BCUT2D eigenvalue weighted by molar-refractivity contribution is -0.137. The van der Waals surface area contributed by atoms with Crippen LogP contribution in [0.4, 0.5) is 8.78 Å². The second-order valence-electron chi connectivity index (χ2n) is 5.89. The second kappa shape index (κ2) is 8.24. The minimum atomic E-state index is -0.781.